The number of aromatic nitrogens is 3. The van der Waals surface area contributed by atoms with Gasteiger partial charge in [-0.3, -0.25) is 4.98 Å². The molecule has 4 nitrogen and oxygen atoms in total. The van der Waals surface area contributed by atoms with Crippen LogP contribution in [0.1, 0.15) is 0 Å². The van der Waals surface area contributed by atoms with Crippen LogP contribution in [-0.2, 0) is 0 Å². The van der Waals surface area contributed by atoms with Gasteiger partial charge in [-0.05, 0) is 42.5 Å². The Kier molecular flexibility index (Phi) is 4.22. The smallest absolute Gasteiger partial charge is 0.162 e. The van der Waals surface area contributed by atoms with Gasteiger partial charge in [0, 0.05) is 29.0 Å². The first-order valence-electron chi connectivity index (χ1n) is 7.60. The Morgan fingerprint density at radius 2 is 1.60 bits per heavy atom. The standard InChI is InChI=1S/C19H12Cl2N4/c20-15-6-5-13(11-16(15)21)23-19-14-3-1-2-4-17(14)24-18(25-19)12-7-9-22-10-8-12/h1-11H,(H,23,24,25). The van der Waals surface area contributed by atoms with E-state index in [0.717, 1.165) is 22.2 Å². The molecule has 0 saturated heterocycles. The maximum atomic E-state index is 6.11. The Balaban J connectivity index is 1.85. The predicted octanol–water partition coefficient (Wildman–Crippen LogP) is 5.74. The van der Waals surface area contributed by atoms with Crippen LogP contribution in [0.5, 0.6) is 0 Å². The molecule has 2 aromatic carbocycles. The van der Waals surface area contributed by atoms with Gasteiger partial charge in [-0.15, -0.1) is 0 Å². The first kappa shape index (κ1) is 15.8. The molecule has 122 valence electrons. The molecule has 2 heterocycles. The zero-order valence-electron chi connectivity index (χ0n) is 12.9. The highest BCUT2D eigenvalue weighted by Gasteiger charge is 2.10. The highest BCUT2D eigenvalue weighted by atomic mass is 35.5. The van der Waals surface area contributed by atoms with Crippen molar-refractivity contribution in [2.75, 3.05) is 5.32 Å². The van der Waals surface area contributed by atoms with Crippen molar-refractivity contribution in [3.05, 3.63) is 77.0 Å². The van der Waals surface area contributed by atoms with E-state index in [2.05, 4.69) is 15.3 Å². The molecule has 0 atom stereocenters. The molecule has 0 bridgehead atoms. The van der Waals surface area contributed by atoms with Crippen LogP contribution in [-0.4, -0.2) is 15.0 Å². The van der Waals surface area contributed by atoms with E-state index in [-0.39, 0.29) is 0 Å². The quantitative estimate of drug-likeness (QED) is 0.502. The summed E-state index contributed by atoms with van der Waals surface area (Å²) in [6, 6.07) is 17.0. The molecule has 1 N–H and O–H groups in total. The monoisotopic (exact) mass is 366 g/mol. The molecule has 25 heavy (non-hydrogen) atoms. The lowest BCUT2D eigenvalue weighted by Gasteiger charge is -2.11. The van der Waals surface area contributed by atoms with E-state index in [1.165, 1.54) is 0 Å². The summed E-state index contributed by atoms with van der Waals surface area (Å²) in [6.07, 6.45) is 3.44. The van der Waals surface area contributed by atoms with Gasteiger partial charge in [0.05, 0.1) is 15.6 Å². The molecule has 0 saturated carbocycles. The van der Waals surface area contributed by atoms with Gasteiger partial charge in [-0.25, -0.2) is 9.97 Å². The number of nitrogens with zero attached hydrogens (tertiary/aromatic N) is 3. The molecule has 0 aliphatic carbocycles. The van der Waals surface area contributed by atoms with Gasteiger partial charge in [0.25, 0.3) is 0 Å². The molecular weight excluding hydrogens is 355 g/mol. The summed E-state index contributed by atoms with van der Waals surface area (Å²) in [5, 5.41) is 5.23. The molecule has 0 amide bonds. The Morgan fingerprint density at radius 1 is 0.800 bits per heavy atom. The third-order valence-corrected chi connectivity index (χ3v) is 4.46. The maximum absolute atomic E-state index is 6.11. The van der Waals surface area contributed by atoms with Crippen molar-refractivity contribution in [3.8, 4) is 11.4 Å². The zero-order chi connectivity index (χ0) is 17.2. The van der Waals surface area contributed by atoms with Gasteiger partial charge in [-0.1, -0.05) is 35.3 Å². The van der Waals surface area contributed by atoms with E-state index in [1.54, 1.807) is 24.5 Å². The number of nitrogens with one attached hydrogen (secondary N) is 1. The van der Waals surface area contributed by atoms with E-state index < -0.39 is 0 Å². The minimum Gasteiger partial charge on any atom is -0.340 e. The fourth-order valence-corrected chi connectivity index (χ4v) is 2.81. The van der Waals surface area contributed by atoms with Gasteiger partial charge in [0.2, 0.25) is 0 Å². The van der Waals surface area contributed by atoms with Crippen molar-refractivity contribution in [2.45, 2.75) is 0 Å². The van der Waals surface area contributed by atoms with Crippen molar-refractivity contribution in [1.82, 2.24) is 15.0 Å². The summed E-state index contributed by atoms with van der Waals surface area (Å²) in [5.41, 5.74) is 2.56. The van der Waals surface area contributed by atoms with Crippen LogP contribution in [0.15, 0.2) is 67.0 Å². The molecule has 0 aliphatic heterocycles. The summed E-state index contributed by atoms with van der Waals surface area (Å²) in [7, 11) is 0. The number of halogens is 2. The number of para-hydroxylation sites is 1. The van der Waals surface area contributed by atoms with Crippen LogP contribution in [0.3, 0.4) is 0 Å². The summed E-state index contributed by atoms with van der Waals surface area (Å²) in [6.45, 7) is 0. The number of rotatable bonds is 3. The normalized spacial score (nSPS) is 10.8. The van der Waals surface area contributed by atoms with Crippen LogP contribution in [0.4, 0.5) is 11.5 Å². The van der Waals surface area contributed by atoms with Gasteiger partial charge >= 0.3 is 0 Å². The SMILES string of the molecule is Clc1ccc(Nc2nc(-c3ccncc3)nc3ccccc23)cc1Cl. The first-order valence-corrected chi connectivity index (χ1v) is 8.35. The summed E-state index contributed by atoms with van der Waals surface area (Å²) in [4.78, 5) is 13.4. The highest BCUT2D eigenvalue weighted by Crippen LogP contribution is 2.30. The number of hydrogen-bond donors (Lipinski definition) is 1. The Bertz CT molecular complexity index is 1050. The van der Waals surface area contributed by atoms with Crippen molar-refractivity contribution < 1.29 is 0 Å². The second-order valence-electron chi connectivity index (χ2n) is 5.40. The molecule has 0 spiro atoms. The highest BCUT2D eigenvalue weighted by molar-refractivity contribution is 6.42. The molecule has 2 aromatic heterocycles. The summed E-state index contributed by atoms with van der Waals surface area (Å²) < 4.78 is 0. The Labute approximate surface area is 154 Å². The van der Waals surface area contributed by atoms with Crippen molar-refractivity contribution in [3.63, 3.8) is 0 Å². The third-order valence-electron chi connectivity index (χ3n) is 3.72. The molecule has 0 aliphatic rings. The lowest BCUT2D eigenvalue weighted by molar-refractivity contribution is 1.21. The number of benzene rings is 2. The molecule has 4 aromatic rings. The second kappa shape index (κ2) is 6.67. The van der Waals surface area contributed by atoms with E-state index in [1.807, 2.05) is 42.5 Å². The van der Waals surface area contributed by atoms with E-state index >= 15 is 0 Å². The van der Waals surface area contributed by atoms with Gasteiger partial charge in [0.1, 0.15) is 5.82 Å². The van der Waals surface area contributed by atoms with Crippen LogP contribution < -0.4 is 5.32 Å². The molecule has 0 unspecified atom stereocenters. The van der Waals surface area contributed by atoms with Crippen molar-refractivity contribution in [1.29, 1.82) is 0 Å². The maximum Gasteiger partial charge on any atom is 0.162 e. The minimum atomic E-state index is 0.486. The third kappa shape index (κ3) is 3.27. The predicted molar refractivity (Wildman–Crippen MR) is 103 cm³/mol. The Morgan fingerprint density at radius 3 is 2.40 bits per heavy atom. The lowest BCUT2D eigenvalue weighted by Crippen LogP contribution is -1.99. The number of hydrogen-bond acceptors (Lipinski definition) is 4. The molecule has 4 rings (SSSR count). The van der Waals surface area contributed by atoms with Gasteiger partial charge in [0.15, 0.2) is 5.82 Å². The van der Waals surface area contributed by atoms with Crippen LogP contribution in [0.2, 0.25) is 10.0 Å². The minimum absolute atomic E-state index is 0.486. The average Bonchev–Trinajstić information content (AvgIpc) is 2.65. The van der Waals surface area contributed by atoms with E-state index in [9.17, 15) is 0 Å². The molecular formula is C19H12Cl2N4. The average molecular weight is 367 g/mol. The first-order chi connectivity index (χ1) is 12.2. The zero-order valence-corrected chi connectivity index (χ0v) is 14.5. The summed E-state index contributed by atoms with van der Waals surface area (Å²) in [5.74, 6) is 1.33. The fraction of sp³-hybridized carbons (Fsp3) is 0. The molecule has 6 heteroatoms. The van der Waals surface area contributed by atoms with Crippen molar-refractivity contribution >= 4 is 45.6 Å². The topological polar surface area (TPSA) is 50.7 Å². The summed E-state index contributed by atoms with van der Waals surface area (Å²) >= 11 is 12.1. The Hall–Kier alpha value is -2.69. The van der Waals surface area contributed by atoms with Gasteiger partial charge < -0.3 is 5.32 Å². The molecule has 0 fully saturated rings. The number of fused-ring (bicyclic) bond motifs is 1. The van der Waals surface area contributed by atoms with Crippen LogP contribution >= 0.6 is 23.2 Å². The second-order valence-corrected chi connectivity index (χ2v) is 6.22. The molecule has 0 radical (unpaired) electrons. The number of anilines is 2. The van der Waals surface area contributed by atoms with Gasteiger partial charge in [-0.2, -0.15) is 0 Å². The van der Waals surface area contributed by atoms with Crippen molar-refractivity contribution in [2.24, 2.45) is 0 Å². The fourth-order valence-electron chi connectivity index (χ4n) is 2.51. The largest absolute Gasteiger partial charge is 0.340 e. The number of pyridine rings is 1. The van der Waals surface area contributed by atoms with E-state index in [4.69, 9.17) is 28.2 Å². The van der Waals surface area contributed by atoms with E-state index in [0.29, 0.717) is 21.7 Å². The lowest BCUT2D eigenvalue weighted by atomic mass is 10.2. The van der Waals surface area contributed by atoms with Crippen LogP contribution in [0, 0.1) is 0 Å². The van der Waals surface area contributed by atoms with Crippen LogP contribution in [0.25, 0.3) is 22.3 Å².